The third kappa shape index (κ3) is 3.14. The molecule has 3 rings (SSSR count). The highest BCUT2D eigenvalue weighted by atomic mass is 32.1. The number of rotatable bonds is 5. The van der Waals surface area contributed by atoms with Gasteiger partial charge in [0.2, 0.25) is 0 Å². The van der Waals surface area contributed by atoms with Gasteiger partial charge in [-0.25, -0.2) is 0 Å². The molecule has 2 aliphatic carbocycles. The first kappa shape index (κ1) is 12.6. The molecule has 2 saturated carbocycles. The van der Waals surface area contributed by atoms with Crippen LogP contribution >= 0.6 is 11.3 Å². The summed E-state index contributed by atoms with van der Waals surface area (Å²) < 4.78 is 0. The molecule has 2 nitrogen and oxygen atoms in total. The van der Waals surface area contributed by atoms with Gasteiger partial charge in [-0.05, 0) is 59.9 Å². The van der Waals surface area contributed by atoms with Crippen molar-refractivity contribution >= 4 is 11.3 Å². The molecule has 3 atom stereocenters. The van der Waals surface area contributed by atoms with E-state index in [4.69, 9.17) is 0 Å². The van der Waals surface area contributed by atoms with Crippen molar-refractivity contribution in [3.63, 3.8) is 0 Å². The lowest BCUT2D eigenvalue weighted by molar-refractivity contribution is 0.159. The molecule has 1 aromatic rings. The quantitative estimate of drug-likeness (QED) is 0.856. The maximum Gasteiger partial charge on any atom is 0.0922 e. The molecule has 3 unspecified atom stereocenters. The SMILES string of the molecule is OC(CNC1CCCC(C2CC2)C1)c1ccsc1. The van der Waals surface area contributed by atoms with Gasteiger partial charge in [-0.3, -0.25) is 0 Å². The van der Waals surface area contributed by atoms with E-state index in [2.05, 4.69) is 5.32 Å². The second-order valence-electron chi connectivity index (χ2n) is 5.94. The fourth-order valence-electron chi connectivity index (χ4n) is 3.27. The van der Waals surface area contributed by atoms with Gasteiger partial charge >= 0.3 is 0 Å². The molecule has 2 aliphatic rings. The summed E-state index contributed by atoms with van der Waals surface area (Å²) in [6.45, 7) is 0.707. The van der Waals surface area contributed by atoms with Crippen LogP contribution in [0.1, 0.15) is 50.2 Å². The van der Waals surface area contributed by atoms with E-state index in [9.17, 15) is 5.11 Å². The summed E-state index contributed by atoms with van der Waals surface area (Å²) in [4.78, 5) is 0. The Morgan fingerprint density at radius 1 is 1.28 bits per heavy atom. The van der Waals surface area contributed by atoms with E-state index in [1.807, 2.05) is 16.8 Å². The number of thiophene rings is 1. The molecule has 0 saturated heterocycles. The van der Waals surface area contributed by atoms with Crippen molar-refractivity contribution in [3.05, 3.63) is 22.4 Å². The van der Waals surface area contributed by atoms with Gasteiger partial charge in [0, 0.05) is 12.6 Å². The first-order valence-electron chi connectivity index (χ1n) is 7.26. The zero-order valence-corrected chi connectivity index (χ0v) is 11.7. The van der Waals surface area contributed by atoms with Crippen molar-refractivity contribution in [1.82, 2.24) is 5.32 Å². The summed E-state index contributed by atoms with van der Waals surface area (Å²) in [6.07, 6.45) is 8.03. The van der Waals surface area contributed by atoms with Crippen LogP contribution in [0.4, 0.5) is 0 Å². The Balaban J connectivity index is 1.44. The highest BCUT2D eigenvalue weighted by molar-refractivity contribution is 7.07. The van der Waals surface area contributed by atoms with E-state index < -0.39 is 0 Å². The maximum absolute atomic E-state index is 10.1. The lowest BCUT2D eigenvalue weighted by Gasteiger charge is -2.30. The smallest absolute Gasteiger partial charge is 0.0922 e. The summed E-state index contributed by atoms with van der Waals surface area (Å²) in [5.41, 5.74) is 1.06. The Kier molecular flexibility index (Phi) is 4.02. The minimum absolute atomic E-state index is 0.336. The van der Waals surface area contributed by atoms with Crippen LogP contribution in [0.15, 0.2) is 16.8 Å². The summed E-state index contributed by atoms with van der Waals surface area (Å²) in [6, 6.07) is 2.66. The number of aliphatic hydroxyl groups is 1. The van der Waals surface area contributed by atoms with Crippen LogP contribution in [0.3, 0.4) is 0 Å². The Morgan fingerprint density at radius 3 is 2.89 bits per heavy atom. The third-order valence-corrected chi connectivity index (χ3v) is 5.23. The van der Waals surface area contributed by atoms with Crippen LogP contribution < -0.4 is 5.32 Å². The van der Waals surface area contributed by atoms with Crippen molar-refractivity contribution < 1.29 is 5.11 Å². The molecule has 0 aromatic carbocycles. The van der Waals surface area contributed by atoms with Crippen LogP contribution in [0.2, 0.25) is 0 Å². The van der Waals surface area contributed by atoms with Crippen molar-refractivity contribution in [2.75, 3.05) is 6.54 Å². The predicted octanol–water partition coefficient (Wildman–Crippen LogP) is 3.34. The minimum atomic E-state index is -0.336. The highest BCUT2D eigenvalue weighted by Gasteiger charge is 2.34. The van der Waals surface area contributed by atoms with Gasteiger partial charge in [0.15, 0.2) is 0 Å². The molecule has 1 aromatic heterocycles. The van der Waals surface area contributed by atoms with Crippen LogP contribution in [0, 0.1) is 11.8 Å². The van der Waals surface area contributed by atoms with Gasteiger partial charge in [0.25, 0.3) is 0 Å². The average molecular weight is 265 g/mol. The normalized spacial score (nSPS) is 30.3. The Bertz CT molecular complexity index is 361. The van der Waals surface area contributed by atoms with Crippen molar-refractivity contribution in [2.24, 2.45) is 11.8 Å². The zero-order valence-electron chi connectivity index (χ0n) is 10.8. The summed E-state index contributed by atoms with van der Waals surface area (Å²) in [7, 11) is 0. The van der Waals surface area contributed by atoms with E-state index >= 15 is 0 Å². The molecule has 2 fully saturated rings. The topological polar surface area (TPSA) is 32.3 Å². The number of aliphatic hydroxyl groups excluding tert-OH is 1. The van der Waals surface area contributed by atoms with Gasteiger partial charge in [0.1, 0.15) is 0 Å². The molecular weight excluding hydrogens is 242 g/mol. The lowest BCUT2D eigenvalue weighted by Crippen LogP contribution is -2.37. The second kappa shape index (κ2) is 5.72. The molecule has 3 heteroatoms. The standard InChI is InChI=1S/C15H23NOS/c17-15(13-6-7-18-10-13)9-16-14-3-1-2-12(8-14)11-4-5-11/h6-7,10-12,14-17H,1-5,8-9H2. The average Bonchev–Trinajstić information content (AvgIpc) is 3.11. The first-order valence-corrected chi connectivity index (χ1v) is 8.21. The molecule has 18 heavy (non-hydrogen) atoms. The van der Waals surface area contributed by atoms with Crippen molar-refractivity contribution in [3.8, 4) is 0 Å². The van der Waals surface area contributed by atoms with Crippen LogP contribution in [0.5, 0.6) is 0 Å². The fraction of sp³-hybridized carbons (Fsp3) is 0.733. The molecular formula is C15H23NOS. The molecule has 0 spiro atoms. The van der Waals surface area contributed by atoms with Gasteiger partial charge in [-0.15, -0.1) is 0 Å². The zero-order chi connectivity index (χ0) is 12.4. The second-order valence-corrected chi connectivity index (χ2v) is 6.72. The Labute approximate surface area is 113 Å². The predicted molar refractivity (Wildman–Crippen MR) is 75.8 cm³/mol. The molecule has 100 valence electrons. The Morgan fingerprint density at radius 2 is 2.17 bits per heavy atom. The third-order valence-electron chi connectivity index (χ3n) is 4.53. The van der Waals surface area contributed by atoms with Crippen molar-refractivity contribution in [1.29, 1.82) is 0 Å². The highest BCUT2D eigenvalue weighted by Crippen LogP contribution is 2.43. The van der Waals surface area contributed by atoms with Gasteiger partial charge < -0.3 is 10.4 Å². The number of hydrogen-bond acceptors (Lipinski definition) is 3. The summed E-state index contributed by atoms with van der Waals surface area (Å²) >= 11 is 1.65. The van der Waals surface area contributed by atoms with Crippen molar-refractivity contribution in [2.45, 2.75) is 50.7 Å². The van der Waals surface area contributed by atoms with E-state index in [1.165, 1.54) is 38.5 Å². The molecule has 0 bridgehead atoms. The molecule has 0 amide bonds. The Hall–Kier alpha value is -0.380. The van der Waals surface area contributed by atoms with Gasteiger partial charge in [-0.1, -0.05) is 12.8 Å². The van der Waals surface area contributed by atoms with E-state index in [-0.39, 0.29) is 6.10 Å². The minimum Gasteiger partial charge on any atom is -0.387 e. The largest absolute Gasteiger partial charge is 0.387 e. The maximum atomic E-state index is 10.1. The van der Waals surface area contributed by atoms with Crippen LogP contribution in [-0.4, -0.2) is 17.7 Å². The van der Waals surface area contributed by atoms with Gasteiger partial charge in [0.05, 0.1) is 6.10 Å². The van der Waals surface area contributed by atoms with E-state index in [1.54, 1.807) is 11.3 Å². The van der Waals surface area contributed by atoms with Gasteiger partial charge in [-0.2, -0.15) is 11.3 Å². The van der Waals surface area contributed by atoms with Crippen LogP contribution in [0.25, 0.3) is 0 Å². The summed E-state index contributed by atoms with van der Waals surface area (Å²) in [5.74, 6) is 2.01. The fourth-order valence-corrected chi connectivity index (χ4v) is 3.98. The molecule has 1 heterocycles. The molecule has 0 aliphatic heterocycles. The monoisotopic (exact) mass is 265 g/mol. The first-order chi connectivity index (χ1) is 8.83. The summed E-state index contributed by atoms with van der Waals surface area (Å²) in [5, 5.41) is 17.7. The van der Waals surface area contributed by atoms with E-state index in [0.717, 1.165) is 17.4 Å². The lowest BCUT2D eigenvalue weighted by atomic mass is 9.82. The number of hydrogen-bond donors (Lipinski definition) is 2. The molecule has 2 N–H and O–H groups in total. The number of nitrogens with one attached hydrogen (secondary N) is 1. The molecule has 0 radical (unpaired) electrons. The van der Waals surface area contributed by atoms with E-state index in [0.29, 0.717) is 12.6 Å². The van der Waals surface area contributed by atoms with Crippen LogP contribution in [-0.2, 0) is 0 Å².